The average Bonchev–Trinajstić information content (AvgIpc) is 3.21. The van der Waals surface area contributed by atoms with Crippen LogP contribution in [-0.2, 0) is 0 Å². The van der Waals surface area contributed by atoms with E-state index in [0.717, 1.165) is 32.6 Å². The lowest BCUT2D eigenvalue weighted by molar-refractivity contribution is -0.0471. The second-order valence-electron chi connectivity index (χ2n) is 9.04. The molecule has 4 nitrogen and oxygen atoms in total. The van der Waals surface area contributed by atoms with E-state index in [1.807, 2.05) is 0 Å². The fourth-order valence-corrected chi connectivity index (χ4v) is 6.00. The van der Waals surface area contributed by atoms with E-state index in [9.17, 15) is 10.2 Å². The average molecular weight is 337 g/mol. The second kappa shape index (κ2) is 7.22. The van der Waals surface area contributed by atoms with E-state index >= 15 is 0 Å². The Bertz CT molecular complexity index is 420. The topological polar surface area (TPSA) is 46.9 Å². The summed E-state index contributed by atoms with van der Waals surface area (Å²) < 4.78 is 0. The lowest BCUT2D eigenvalue weighted by atomic mass is 9.84. The highest BCUT2D eigenvalue weighted by molar-refractivity contribution is 5.04. The van der Waals surface area contributed by atoms with Crippen LogP contribution in [0.4, 0.5) is 0 Å². The first-order valence-corrected chi connectivity index (χ1v) is 10.5. The summed E-state index contributed by atoms with van der Waals surface area (Å²) in [5, 5.41) is 22.0. The van der Waals surface area contributed by atoms with Crippen molar-refractivity contribution in [3.63, 3.8) is 0 Å². The van der Waals surface area contributed by atoms with Crippen molar-refractivity contribution in [1.29, 1.82) is 0 Å². The number of aliphatic hydroxyl groups excluding tert-OH is 1. The second-order valence-corrected chi connectivity index (χ2v) is 9.04. The van der Waals surface area contributed by atoms with Crippen molar-refractivity contribution < 1.29 is 10.2 Å². The maximum atomic E-state index is 11.4. The normalized spacial score (nSPS) is 41.2. The van der Waals surface area contributed by atoms with Crippen LogP contribution in [0.1, 0.15) is 70.6 Å². The Hall–Kier alpha value is -0.160. The van der Waals surface area contributed by atoms with Crippen LogP contribution in [0.2, 0.25) is 0 Å². The first kappa shape index (κ1) is 17.3. The lowest BCUT2D eigenvalue weighted by Gasteiger charge is -2.36. The smallest absolute Gasteiger partial charge is 0.0851 e. The predicted molar refractivity (Wildman–Crippen MR) is 96.0 cm³/mol. The zero-order valence-electron chi connectivity index (χ0n) is 15.2. The summed E-state index contributed by atoms with van der Waals surface area (Å²) in [6.07, 6.45) is 13.8. The summed E-state index contributed by atoms with van der Waals surface area (Å²) in [6.45, 7) is 3.49. The summed E-state index contributed by atoms with van der Waals surface area (Å²) in [5.74, 6) is 0.0491. The van der Waals surface area contributed by atoms with Gasteiger partial charge in [-0.1, -0.05) is 38.5 Å². The highest BCUT2D eigenvalue weighted by atomic mass is 16.3. The Morgan fingerprint density at radius 1 is 0.750 bits per heavy atom. The molecule has 2 saturated heterocycles. The van der Waals surface area contributed by atoms with Crippen molar-refractivity contribution in [2.24, 2.45) is 5.92 Å². The standard InChI is InChI=1S/C20H36N2O2/c23-19-14-22(17-9-5-2-6-10-17)13-18(19)20(24)11-12-21(15-20)16-7-3-1-4-8-16/h16-19,23-24H,1-15H2/t18-,19+,20-/m1/s1. The summed E-state index contributed by atoms with van der Waals surface area (Å²) in [5.41, 5.74) is -0.666. The predicted octanol–water partition coefficient (Wildman–Crippen LogP) is 2.38. The van der Waals surface area contributed by atoms with Crippen LogP contribution in [0.3, 0.4) is 0 Å². The molecule has 24 heavy (non-hydrogen) atoms. The van der Waals surface area contributed by atoms with Gasteiger partial charge in [0.2, 0.25) is 0 Å². The summed E-state index contributed by atoms with van der Waals surface area (Å²) >= 11 is 0. The molecule has 2 saturated carbocycles. The fourth-order valence-electron chi connectivity index (χ4n) is 6.00. The Balaban J connectivity index is 1.37. The molecule has 4 rings (SSSR count). The molecule has 0 spiro atoms. The molecule has 0 aromatic heterocycles. The Morgan fingerprint density at radius 2 is 1.33 bits per heavy atom. The van der Waals surface area contributed by atoms with Gasteiger partial charge in [-0.3, -0.25) is 9.80 Å². The number of hydrogen-bond acceptors (Lipinski definition) is 4. The third kappa shape index (κ3) is 3.40. The molecule has 2 heterocycles. The van der Waals surface area contributed by atoms with Gasteiger partial charge in [0, 0.05) is 44.2 Å². The van der Waals surface area contributed by atoms with Gasteiger partial charge in [-0.15, -0.1) is 0 Å². The summed E-state index contributed by atoms with van der Waals surface area (Å²) in [4.78, 5) is 5.03. The zero-order chi connectivity index (χ0) is 16.6. The molecule has 0 unspecified atom stereocenters. The van der Waals surface area contributed by atoms with E-state index in [2.05, 4.69) is 9.80 Å². The number of β-amino-alcohol motifs (C(OH)–C–C–N with tert-alkyl or cyclic N) is 2. The SMILES string of the molecule is O[C@H]1CN(C2CCCCC2)C[C@H]1[C@@]1(O)CCN(C2CCCCC2)C1. The third-order valence-corrected chi connectivity index (χ3v) is 7.50. The van der Waals surface area contributed by atoms with Gasteiger partial charge in [-0.2, -0.15) is 0 Å². The Morgan fingerprint density at radius 3 is 1.96 bits per heavy atom. The van der Waals surface area contributed by atoms with E-state index in [1.54, 1.807) is 0 Å². The van der Waals surface area contributed by atoms with Crippen LogP contribution in [-0.4, -0.2) is 70.0 Å². The number of rotatable bonds is 3. The van der Waals surface area contributed by atoms with Crippen molar-refractivity contribution >= 4 is 0 Å². The van der Waals surface area contributed by atoms with E-state index in [-0.39, 0.29) is 12.0 Å². The molecule has 0 radical (unpaired) electrons. The van der Waals surface area contributed by atoms with E-state index in [0.29, 0.717) is 12.1 Å². The zero-order valence-corrected chi connectivity index (χ0v) is 15.2. The fraction of sp³-hybridized carbons (Fsp3) is 1.00. The first-order chi connectivity index (χ1) is 11.7. The molecule has 4 aliphatic rings. The van der Waals surface area contributed by atoms with E-state index < -0.39 is 5.60 Å². The molecule has 138 valence electrons. The van der Waals surface area contributed by atoms with Crippen molar-refractivity contribution in [1.82, 2.24) is 9.80 Å². The lowest BCUT2D eigenvalue weighted by Crippen LogP contribution is -2.48. The minimum atomic E-state index is -0.666. The minimum absolute atomic E-state index is 0.0491. The van der Waals surface area contributed by atoms with Crippen molar-refractivity contribution in [2.75, 3.05) is 26.2 Å². The Kier molecular flexibility index (Phi) is 5.19. The maximum absolute atomic E-state index is 11.4. The van der Waals surface area contributed by atoms with Crippen LogP contribution in [0.5, 0.6) is 0 Å². The van der Waals surface area contributed by atoms with Gasteiger partial charge in [0.1, 0.15) is 0 Å². The molecule has 0 aromatic carbocycles. The molecule has 3 atom stereocenters. The van der Waals surface area contributed by atoms with Gasteiger partial charge >= 0.3 is 0 Å². The molecule has 2 aliphatic carbocycles. The highest BCUT2D eigenvalue weighted by Crippen LogP contribution is 2.39. The first-order valence-electron chi connectivity index (χ1n) is 10.5. The molecule has 4 fully saturated rings. The monoisotopic (exact) mass is 336 g/mol. The molecular formula is C20H36N2O2. The summed E-state index contributed by atoms with van der Waals surface area (Å²) in [7, 11) is 0. The van der Waals surface area contributed by atoms with Gasteiger partial charge in [-0.25, -0.2) is 0 Å². The quantitative estimate of drug-likeness (QED) is 0.831. The molecule has 0 amide bonds. The number of hydrogen-bond donors (Lipinski definition) is 2. The summed E-state index contributed by atoms with van der Waals surface area (Å²) in [6, 6.07) is 1.33. The van der Waals surface area contributed by atoms with Crippen LogP contribution < -0.4 is 0 Å². The maximum Gasteiger partial charge on any atom is 0.0851 e. The molecule has 2 N–H and O–H groups in total. The molecule has 4 heteroatoms. The van der Waals surface area contributed by atoms with Gasteiger partial charge < -0.3 is 10.2 Å². The Labute approximate surface area is 147 Å². The number of aliphatic hydroxyl groups is 2. The van der Waals surface area contributed by atoms with Gasteiger partial charge in [0.05, 0.1) is 11.7 Å². The van der Waals surface area contributed by atoms with E-state index in [1.165, 1.54) is 64.2 Å². The van der Waals surface area contributed by atoms with Crippen LogP contribution in [0, 0.1) is 5.92 Å². The van der Waals surface area contributed by atoms with Crippen LogP contribution >= 0.6 is 0 Å². The number of likely N-dealkylation sites (tertiary alicyclic amines) is 2. The third-order valence-electron chi connectivity index (χ3n) is 7.50. The van der Waals surface area contributed by atoms with Gasteiger partial charge in [0.25, 0.3) is 0 Å². The van der Waals surface area contributed by atoms with E-state index in [4.69, 9.17) is 0 Å². The minimum Gasteiger partial charge on any atom is -0.391 e. The molecular weight excluding hydrogens is 300 g/mol. The molecule has 0 aromatic rings. The van der Waals surface area contributed by atoms with Crippen LogP contribution in [0.15, 0.2) is 0 Å². The largest absolute Gasteiger partial charge is 0.391 e. The van der Waals surface area contributed by atoms with Gasteiger partial charge in [0.15, 0.2) is 0 Å². The van der Waals surface area contributed by atoms with Crippen molar-refractivity contribution in [3.05, 3.63) is 0 Å². The highest BCUT2D eigenvalue weighted by Gasteiger charge is 2.51. The number of nitrogens with zero attached hydrogens (tertiary/aromatic N) is 2. The molecule has 0 bridgehead atoms. The van der Waals surface area contributed by atoms with Gasteiger partial charge in [-0.05, 0) is 32.1 Å². The van der Waals surface area contributed by atoms with Crippen molar-refractivity contribution in [2.45, 2.75) is 94.4 Å². The van der Waals surface area contributed by atoms with Crippen molar-refractivity contribution in [3.8, 4) is 0 Å². The molecule has 2 aliphatic heterocycles. The van der Waals surface area contributed by atoms with Crippen LogP contribution in [0.25, 0.3) is 0 Å².